The summed E-state index contributed by atoms with van der Waals surface area (Å²) in [5, 5.41) is 8.96. The van der Waals surface area contributed by atoms with E-state index in [9.17, 15) is 4.79 Å². The maximum Gasteiger partial charge on any atom is 0.407 e. The summed E-state index contributed by atoms with van der Waals surface area (Å²) in [6, 6.07) is 5.41. The average molecular weight is 273 g/mol. The topological polar surface area (TPSA) is 53.4 Å². The molecule has 0 unspecified atom stereocenters. The van der Waals surface area contributed by atoms with E-state index in [-0.39, 0.29) is 6.04 Å². The number of carbonyl (C=O) groups is 1. The molecule has 5 heteroatoms. The molecule has 0 atom stereocenters. The van der Waals surface area contributed by atoms with E-state index < -0.39 is 6.09 Å². The lowest BCUT2D eigenvalue weighted by Crippen LogP contribution is -2.35. The molecule has 0 radical (unpaired) electrons. The van der Waals surface area contributed by atoms with Gasteiger partial charge in [-0.3, -0.25) is 0 Å². The van der Waals surface area contributed by atoms with Crippen LogP contribution < -0.4 is 0 Å². The van der Waals surface area contributed by atoms with Gasteiger partial charge in [0, 0.05) is 6.04 Å². The number of carboxylic acid groups (broad SMARTS) is 1. The average Bonchev–Trinajstić information content (AvgIpc) is 2.13. The third-order valence-corrected chi connectivity index (χ3v) is 2.42. The summed E-state index contributed by atoms with van der Waals surface area (Å²) in [6.45, 7) is 3.99. The molecular formula is C10H13BrN2O2. The number of hydrogen-bond donors (Lipinski definition) is 1. The van der Waals surface area contributed by atoms with Crippen LogP contribution >= 0.6 is 15.9 Å². The second kappa shape index (κ2) is 5.11. The lowest BCUT2D eigenvalue weighted by atomic mass is 10.3. The smallest absolute Gasteiger partial charge is 0.407 e. The van der Waals surface area contributed by atoms with E-state index in [2.05, 4.69) is 20.9 Å². The van der Waals surface area contributed by atoms with E-state index in [0.29, 0.717) is 11.1 Å². The van der Waals surface area contributed by atoms with Crippen molar-refractivity contribution in [2.24, 2.45) is 0 Å². The van der Waals surface area contributed by atoms with E-state index in [4.69, 9.17) is 5.11 Å². The fourth-order valence-electron chi connectivity index (χ4n) is 1.18. The standard InChI is InChI=1S/C10H13BrN2O2/c1-7(2)13(10(14)15)6-8-4-3-5-9(11)12-8/h3-5,7H,6H2,1-2H3,(H,14,15). The van der Waals surface area contributed by atoms with Crippen molar-refractivity contribution in [3.8, 4) is 0 Å². The monoisotopic (exact) mass is 272 g/mol. The van der Waals surface area contributed by atoms with Gasteiger partial charge in [0.25, 0.3) is 0 Å². The van der Waals surface area contributed by atoms with Gasteiger partial charge in [-0.2, -0.15) is 0 Å². The quantitative estimate of drug-likeness (QED) is 0.861. The minimum atomic E-state index is -0.924. The minimum absolute atomic E-state index is 0.0525. The molecule has 0 saturated heterocycles. The molecule has 1 aromatic rings. The van der Waals surface area contributed by atoms with Gasteiger partial charge in [-0.1, -0.05) is 6.07 Å². The van der Waals surface area contributed by atoms with Crippen molar-refractivity contribution in [3.05, 3.63) is 28.5 Å². The molecule has 15 heavy (non-hydrogen) atoms. The zero-order valence-electron chi connectivity index (χ0n) is 8.64. The third-order valence-electron chi connectivity index (χ3n) is 1.97. The highest BCUT2D eigenvalue weighted by Gasteiger charge is 2.16. The molecule has 82 valence electrons. The van der Waals surface area contributed by atoms with Gasteiger partial charge in [0.1, 0.15) is 4.60 Å². The Morgan fingerprint density at radius 3 is 2.73 bits per heavy atom. The van der Waals surface area contributed by atoms with Crippen LogP contribution in [0.5, 0.6) is 0 Å². The number of hydrogen-bond acceptors (Lipinski definition) is 2. The molecule has 1 rings (SSSR count). The van der Waals surface area contributed by atoms with Gasteiger partial charge in [-0.15, -0.1) is 0 Å². The fraction of sp³-hybridized carbons (Fsp3) is 0.400. The number of rotatable bonds is 3. The van der Waals surface area contributed by atoms with Crippen molar-refractivity contribution < 1.29 is 9.90 Å². The normalized spacial score (nSPS) is 10.4. The van der Waals surface area contributed by atoms with Crippen LogP contribution in [-0.2, 0) is 6.54 Å². The Morgan fingerprint density at radius 1 is 1.60 bits per heavy atom. The molecule has 0 fully saturated rings. The maximum absolute atomic E-state index is 10.9. The molecule has 0 saturated carbocycles. The SMILES string of the molecule is CC(C)N(Cc1cccc(Br)n1)C(=O)O. The van der Waals surface area contributed by atoms with Crippen molar-refractivity contribution in [3.63, 3.8) is 0 Å². The van der Waals surface area contributed by atoms with Crippen molar-refractivity contribution in [1.82, 2.24) is 9.88 Å². The molecular weight excluding hydrogens is 260 g/mol. The highest BCUT2D eigenvalue weighted by atomic mass is 79.9. The van der Waals surface area contributed by atoms with E-state index in [0.717, 1.165) is 5.69 Å². The number of pyridine rings is 1. The lowest BCUT2D eigenvalue weighted by Gasteiger charge is -2.22. The van der Waals surface area contributed by atoms with Crippen LogP contribution in [0, 0.1) is 0 Å². The molecule has 4 nitrogen and oxygen atoms in total. The Morgan fingerprint density at radius 2 is 2.27 bits per heavy atom. The Hall–Kier alpha value is -1.10. The van der Waals surface area contributed by atoms with E-state index in [1.54, 1.807) is 0 Å². The molecule has 1 aromatic heterocycles. The van der Waals surface area contributed by atoms with Crippen molar-refractivity contribution >= 4 is 22.0 Å². The molecule has 0 aliphatic heterocycles. The van der Waals surface area contributed by atoms with E-state index in [1.807, 2.05) is 32.0 Å². The summed E-state index contributed by atoms with van der Waals surface area (Å²) in [6.07, 6.45) is -0.924. The molecule has 0 aromatic carbocycles. The van der Waals surface area contributed by atoms with Crippen LogP contribution in [0.2, 0.25) is 0 Å². The molecule has 0 aliphatic rings. The van der Waals surface area contributed by atoms with Gasteiger partial charge in [0.05, 0.1) is 12.2 Å². The summed E-state index contributed by atoms with van der Waals surface area (Å²) < 4.78 is 0.717. The van der Waals surface area contributed by atoms with Crippen LogP contribution in [0.15, 0.2) is 22.8 Å². The highest BCUT2D eigenvalue weighted by molar-refractivity contribution is 9.10. The number of amides is 1. The van der Waals surface area contributed by atoms with Crippen LogP contribution in [-0.4, -0.2) is 27.1 Å². The van der Waals surface area contributed by atoms with Gasteiger partial charge >= 0.3 is 6.09 Å². The predicted octanol–water partition coefficient (Wildman–Crippen LogP) is 2.73. The molecule has 0 spiro atoms. The first kappa shape index (κ1) is 12.0. The second-order valence-electron chi connectivity index (χ2n) is 3.46. The molecule has 0 aliphatic carbocycles. The highest BCUT2D eigenvalue weighted by Crippen LogP contribution is 2.10. The molecule has 1 amide bonds. The largest absolute Gasteiger partial charge is 0.465 e. The maximum atomic E-state index is 10.9. The van der Waals surface area contributed by atoms with Crippen molar-refractivity contribution in [2.45, 2.75) is 26.4 Å². The number of halogens is 1. The number of nitrogens with zero attached hydrogens (tertiary/aromatic N) is 2. The Labute approximate surface area is 97.1 Å². The van der Waals surface area contributed by atoms with Crippen LogP contribution in [0.4, 0.5) is 4.79 Å². The molecule has 0 bridgehead atoms. The molecule has 1 N–H and O–H groups in total. The zero-order valence-corrected chi connectivity index (χ0v) is 10.2. The van der Waals surface area contributed by atoms with Gasteiger partial charge in [-0.05, 0) is 41.9 Å². The summed E-state index contributed by atoms with van der Waals surface area (Å²) in [5.74, 6) is 0. The van der Waals surface area contributed by atoms with Gasteiger partial charge < -0.3 is 10.0 Å². The van der Waals surface area contributed by atoms with Crippen LogP contribution in [0.25, 0.3) is 0 Å². The predicted molar refractivity (Wildman–Crippen MR) is 60.6 cm³/mol. The summed E-state index contributed by atoms with van der Waals surface area (Å²) in [7, 11) is 0. The summed E-state index contributed by atoms with van der Waals surface area (Å²) >= 11 is 3.25. The Balaban J connectivity index is 2.79. The lowest BCUT2D eigenvalue weighted by molar-refractivity contribution is 0.127. The first-order chi connectivity index (χ1) is 7.00. The molecule has 1 heterocycles. The minimum Gasteiger partial charge on any atom is -0.465 e. The fourth-order valence-corrected chi connectivity index (χ4v) is 1.56. The first-order valence-corrected chi connectivity index (χ1v) is 5.41. The van der Waals surface area contributed by atoms with Crippen molar-refractivity contribution in [2.75, 3.05) is 0 Å². The second-order valence-corrected chi connectivity index (χ2v) is 4.27. The van der Waals surface area contributed by atoms with Crippen molar-refractivity contribution in [1.29, 1.82) is 0 Å². The number of aromatic nitrogens is 1. The summed E-state index contributed by atoms with van der Waals surface area (Å²) in [4.78, 5) is 16.4. The van der Waals surface area contributed by atoms with E-state index in [1.165, 1.54) is 4.90 Å². The van der Waals surface area contributed by atoms with Gasteiger partial charge in [0.2, 0.25) is 0 Å². The Bertz CT molecular complexity index is 355. The van der Waals surface area contributed by atoms with E-state index >= 15 is 0 Å². The Kier molecular flexibility index (Phi) is 4.08. The zero-order chi connectivity index (χ0) is 11.4. The summed E-state index contributed by atoms with van der Waals surface area (Å²) in [5.41, 5.74) is 0.737. The van der Waals surface area contributed by atoms with Crippen LogP contribution in [0.3, 0.4) is 0 Å². The third kappa shape index (κ3) is 3.51. The van der Waals surface area contributed by atoms with Crippen LogP contribution in [0.1, 0.15) is 19.5 Å². The van der Waals surface area contributed by atoms with Gasteiger partial charge in [0.15, 0.2) is 0 Å². The van der Waals surface area contributed by atoms with Gasteiger partial charge in [-0.25, -0.2) is 9.78 Å². The first-order valence-electron chi connectivity index (χ1n) is 4.61.